The van der Waals surface area contributed by atoms with Gasteiger partial charge in [0.1, 0.15) is 0 Å². The number of nitrogens with one attached hydrogen (secondary N) is 1. The van der Waals surface area contributed by atoms with Crippen molar-refractivity contribution in [3.05, 3.63) is 21.9 Å². The second-order valence-electron chi connectivity index (χ2n) is 4.44. The van der Waals surface area contributed by atoms with E-state index in [1.54, 1.807) is 0 Å². The molecule has 1 aromatic rings. The van der Waals surface area contributed by atoms with Gasteiger partial charge in [-0.1, -0.05) is 0 Å². The van der Waals surface area contributed by atoms with E-state index in [2.05, 4.69) is 31.3 Å². The summed E-state index contributed by atoms with van der Waals surface area (Å²) >= 11 is 1.84. The molecule has 3 atom stereocenters. The number of aliphatic hydroxyl groups excluding tert-OH is 1. The second-order valence-corrected chi connectivity index (χ2v) is 5.76. The van der Waals surface area contributed by atoms with Gasteiger partial charge in [-0.25, -0.2) is 0 Å². The van der Waals surface area contributed by atoms with Crippen LogP contribution in [-0.4, -0.2) is 17.3 Å². The van der Waals surface area contributed by atoms with Crippen molar-refractivity contribution in [1.82, 2.24) is 5.32 Å². The van der Waals surface area contributed by atoms with Crippen LogP contribution in [0.1, 0.15) is 42.0 Å². The molecule has 0 radical (unpaired) electrons. The van der Waals surface area contributed by atoms with Crippen LogP contribution in [0.4, 0.5) is 0 Å². The van der Waals surface area contributed by atoms with Gasteiger partial charge in [0.15, 0.2) is 0 Å². The predicted molar refractivity (Wildman–Crippen MR) is 64.3 cm³/mol. The second kappa shape index (κ2) is 4.64. The highest BCUT2D eigenvalue weighted by molar-refractivity contribution is 7.12. The van der Waals surface area contributed by atoms with Crippen molar-refractivity contribution in [3.63, 3.8) is 0 Å². The monoisotopic (exact) mass is 225 g/mol. The Labute approximate surface area is 95.3 Å². The Morgan fingerprint density at radius 3 is 2.80 bits per heavy atom. The number of thiophene rings is 1. The fraction of sp³-hybridized carbons (Fsp3) is 0.667. The average Bonchev–Trinajstić information content (AvgIpc) is 2.77. The SMILES string of the molecule is Cc1ccc(C(C)NC2CCCC2O)s1. The molecule has 0 bridgehead atoms. The number of hydrogen-bond donors (Lipinski definition) is 2. The summed E-state index contributed by atoms with van der Waals surface area (Å²) in [5.41, 5.74) is 0. The van der Waals surface area contributed by atoms with Crippen LogP contribution in [0.2, 0.25) is 0 Å². The van der Waals surface area contributed by atoms with E-state index in [4.69, 9.17) is 0 Å². The predicted octanol–water partition coefficient (Wildman–Crippen LogP) is 2.62. The van der Waals surface area contributed by atoms with Crippen molar-refractivity contribution in [2.75, 3.05) is 0 Å². The van der Waals surface area contributed by atoms with Crippen LogP contribution in [0.25, 0.3) is 0 Å². The molecule has 0 saturated heterocycles. The van der Waals surface area contributed by atoms with E-state index in [0.717, 1.165) is 19.3 Å². The van der Waals surface area contributed by atoms with Gasteiger partial charge >= 0.3 is 0 Å². The van der Waals surface area contributed by atoms with Crippen molar-refractivity contribution in [2.45, 2.75) is 51.3 Å². The molecule has 0 amide bonds. The van der Waals surface area contributed by atoms with Crippen LogP contribution in [0.15, 0.2) is 12.1 Å². The molecule has 84 valence electrons. The quantitative estimate of drug-likeness (QED) is 0.829. The molecule has 2 N–H and O–H groups in total. The Morgan fingerprint density at radius 2 is 2.27 bits per heavy atom. The van der Waals surface area contributed by atoms with Gasteiger partial charge in [0, 0.05) is 21.8 Å². The number of rotatable bonds is 3. The third-order valence-electron chi connectivity index (χ3n) is 3.13. The maximum Gasteiger partial charge on any atom is 0.0693 e. The molecule has 2 nitrogen and oxygen atoms in total. The Hall–Kier alpha value is -0.380. The first-order valence-electron chi connectivity index (χ1n) is 5.67. The van der Waals surface area contributed by atoms with Crippen LogP contribution >= 0.6 is 11.3 Å². The van der Waals surface area contributed by atoms with Gasteiger partial charge in [-0.3, -0.25) is 0 Å². The molecule has 15 heavy (non-hydrogen) atoms. The summed E-state index contributed by atoms with van der Waals surface area (Å²) in [6.07, 6.45) is 3.06. The summed E-state index contributed by atoms with van der Waals surface area (Å²) in [6, 6.07) is 4.99. The number of aliphatic hydroxyl groups is 1. The van der Waals surface area contributed by atoms with Crippen LogP contribution in [0.5, 0.6) is 0 Å². The lowest BCUT2D eigenvalue weighted by Gasteiger charge is -2.21. The van der Waals surface area contributed by atoms with Crippen molar-refractivity contribution in [2.24, 2.45) is 0 Å². The van der Waals surface area contributed by atoms with Gasteiger partial charge in [-0.15, -0.1) is 11.3 Å². The van der Waals surface area contributed by atoms with E-state index in [1.165, 1.54) is 9.75 Å². The molecule has 0 aromatic carbocycles. The number of hydrogen-bond acceptors (Lipinski definition) is 3. The van der Waals surface area contributed by atoms with Gasteiger partial charge in [-0.05, 0) is 45.2 Å². The third kappa shape index (κ3) is 2.60. The third-order valence-corrected chi connectivity index (χ3v) is 4.31. The molecule has 1 aliphatic rings. The van der Waals surface area contributed by atoms with Gasteiger partial charge in [0.05, 0.1) is 6.10 Å². The molecule has 1 heterocycles. The first-order valence-corrected chi connectivity index (χ1v) is 6.49. The molecule has 0 spiro atoms. The zero-order chi connectivity index (χ0) is 10.8. The smallest absolute Gasteiger partial charge is 0.0693 e. The van der Waals surface area contributed by atoms with Gasteiger partial charge in [0.2, 0.25) is 0 Å². The van der Waals surface area contributed by atoms with Crippen molar-refractivity contribution in [1.29, 1.82) is 0 Å². The van der Waals surface area contributed by atoms with E-state index < -0.39 is 0 Å². The normalized spacial score (nSPS) is 28.2. The van der Waals surface area contributed by atoms with Crippen molar-refractivity contribution < 1.29 is 5.11 Å². The minimum Gasteiger partial charge on any atom is -0.392 e. The summed E-state index contributed by atoms with van der Waals surface area (Å²) in [4.78, 5) is 2.72. The molecular formula is C12H19NOS. The van der Waals surface area contributed by atoms with Gasteiger partial charge < -0.3 is 10.4 Å². The van der Waals surface area contributed by atoms with Crippen LogP contribution < -0.4 is 5.32 Å². The highest BCUT2D eigenvalue weighted by Crippen LogP contribution is 2.26. The molecule has 0 aliphatic heterocycles. The summed E-state index contributed by atoms with van der Waals surface area (Å²) in [7, 11) is 0. The molecule has 1 aliphatic carbocycles. The maximum atomic E-state index is 9.73. The van der Waals surface area contributed by atoms with E-state index in [-0.39, 0.29) is 6.10 Å². The molecule has 1 saturated carbocycles. The lowest BCUT2D eigenvalue weighted by atomic mass is 10.1. The van der Waals surface area contributed by atoms with Crippen LogP contribution in [-0.2, 0) is 0 Å². The van der Waals surface area contributed by atoms with Crippen molar-refractivity contribution >= 4 is 11.3 Å². The lowest BCUT2D eigenvalue weighted by Crippen LogP contribution is -2.36. The Morgan fingerprint density at radius 1 is 1.47 bits per heavy atom. The summed E-state index contributed by atoms with van der Waals surface area (Å²) < 4.78 is 0. The zero-order valence-electron chi connectivity index (χ0n) is 9.36. The van der Waals surface area contributed by atoms with Crippen LogP contribution in [0.3, 0.4) is 0 Å². The Balaban J connectivity index is 1.94. The summed E-state index contributed by atoms with van der Waals surface area (Å²) in [5, 5.41) is 13.2. The zero-order valence-corrected chi connectivity index (χ0v) is 10.2. The fourth-order valence-corrected chi connectivity index (χ4v) is 3.11. The fourth-order valence-electron chi connectivity index (χ4n) is 2.22. The van der Waals surface area contributed by atoms with E-state index in [9.17, 15) is 5.11 Å². The first kappa shape index (κ1) is 11.1. The highest BCUT2D eigenvalue weighted by Gasteiger charge is 2.26. The summed E-state index contributed by atoms with van der Waals surface area (Å²) in [6.45, 7) is 4.31. The minimum atomic E-state index is -0.145. The molecule has 3 unspecified atom stereocenters. The molecular weight excluding hydrogens is 206 g/mol. The van der Waals surface area contributed by atoms with Crippen LogP contribution in [0, 0.1) is 6.92 Å². The minimum absolute atomic E-state index is 0.145. The summed E-state index contributed by atoms with van der Waals surface area (Å²) in [5.74, 6) is 0. The van der Waals surface area contributed by atoms with Crippen molar-refractivity contribution in [3.8, 4) is 0 Å². The van der Waals surface area contributed by atoms with Gasteiger partial charge in [-0.2, -0.15) is 0 Å². The van der Waals surface area contributed by atoms with Gasteiger partial charge in [0.25, 0.3) is 0 Å². The average molecular weight is 225 g/mol. The number of aryl methyl sites for hydroxylation is 1. The maximum absolute atomic E-state index is 9.73. The highest BCUT2D eigenvalue weighted by atomic mass is 32.1. The molecule has 1 aromatic heterocycles. The lowest BCUT2D eigenvalue weighted by molar-refractivity contribution is 0.144. The molecule has 1 fully saturated rings. The topological polar surface area (TPSA) is 32.3 Å². The largest absolute Gasteiger partial charge is 0.392 e. The van der Waals surface area contributed by atoms with E-state index >= 15 is 0 Å². The molecule has 2 rings (SSSR count). The Bertz CT molecular complexity index is 323. The van der Waals surface area contributed by atoms with E-state index in [1.807, 2.05) is 11.3 Å². The molecule has 3 heteroatoms. The van der Waals surface area contributed by atoms with E-state index in [0.29, 0.717) is 12.1 Å². The first-order chi connectivity index (χ1) is 7.16. The standard InChI is InChI=1S/C12H19NOS/c1-8-6-7-12(15-8)9(2)13-10-4-3-5-11(10)14/h6-7,9-11,13-14H,3-5H2,1-2H3. The Kier molecular flexibility index (Phi) is 3.44.